The number of ether oxygens (including phenoxy) is 1. The molecule has 7 nitrogen and oxygen atoms in total. The van der Waals surface area contributed by atoms with Crippen molar-refractivity contribution in [2.24, 2.45) is 11.7 Å². The number of nitrogens with one attached hydrogen (secondary N) is 1. The van der Waals surface area contributed by atoms with Crippen LogP contribution in [-0.2, 0) is 20.9 Å². The average molecular weight is 559 g/mol. The van der Waals surface area contributed by atoms with Gasteiger partial charge >= 0.3 is 0 Å². The second-order valence-electron chi connectivity index (χ2n) is 12.6. The molecule has 4 aliphatic rings. The second kappa shape index (κ2) is 13.0. The van der Waals surface area contributed by atoms with E-state index in [-0.39, 0.29) is 30.0 Å². The maximum Gasteiger partial charge on any atom is 0.253 e. The van der Waals surface area contributed by atoms with Gasteiger partial charge in [-0.2, -0.15) is 0 Å². The van der Waals surface area contributed by atoms with Gasteiger partial charge in [-0.3, -0.25) is 9.59 Å². The zero-order valence-electron chi connectivity index (χ0n) is 24.4. The topological polar surface area (TPSA) is 87.9 Å². The molecule has 1 unspecified atom stereocenters. The highest BCUT2D eigenvalue weighted by Crippen LogP contribution is 2.36. The summed E-state index contributed by atoms with van der Waals surface area (Å²) in [4.78, 5) is 31.1. The number of nitrogens with zero attached hydrogens (tertiary/aromatic N) is 2. The number of carbonyl (C=O) groups is 2. The molecule has 2 saturated carbocycles. The highest BCUT2D eigenvalue weighted by molar-refractivity contribution is 5.98. The number of hydrogen-bond donors (Lipinski definition) is 2. The van der Waals surface area contributed by atoms with Crippen molar-refractivity contribution in [1.29, 1.82) is 0 Å². The van der Waals surface area contributed by atoms with E-state index >= 15 is 0 Å². The van der Waals surface area contributed by atoms with Crippen LogP contribution in [0.1, 0.15) is 82.6 Å². The first-order valence-corrected chi connectivity index (χ1v) is 16.0. The van der Waals surface area contributed by atoms with Gasteiger partial charge in [0.15, 0.2) is 0 Å². The van der Waals surface area contributed by atoms with E-state index in [1.807, 2.05) is 0 Å². The molecule has 0 bridgehead atoms. The summed E-state index contributed by atoms with van der Waals surface area (Å²) in [5.41, 5.74) is 11.5. The molecule has 2 aliphatic carbocycles. The Kier molecular flexibility index (Phi) is 8.92. The van der Waals surface area contributed by atoms with Gasteiger partial charge in [-0.25, -0.2) is 0 Å². The molecule has 0 spiro atoms. The van der Waals surface area contributed by atoms with Crippen LogP contribution in [0, 0.1) is 5.92 Å². The summed E-state index contributed by atoms with van der Waals surface area (Å²) < 4.78 is 5.69. The lowest BCUT2D eigenvalue weighted by Gasteiger charge is -2.36. The van der Waals surface area contributed by atoms with E-state index in [0.717, 1.165) is 92.5 Å². The molecule has 2 amide bonds. The summed E-state index contributed by atoms with van der Waals surface area (Å²) in [5, 5.41) is 3.24. The Morgan fingerprint density at radius 1 is 0.878 bits per heavy atom. The summed E-state index contributed by atoms with van der Waals surface area (Å²) in [7, 11) is 0. The van der Waals surface area contributed by atoms with Crippen LogP contribution in [0.15, 0.2) is 42.5 Å². The van der Waals surface area contributed by atoms with Crippen LogP contribution in [0.25, 0.3) is 11.1 Å². The van der Waals surface area contributed by atoms with Crippen molar-refractivity contribution in [3.05, 3.63) is 48.0 Å². The minimum atomic E-state index is -0.372. The highest BCUT2D eigenvalue weighted by atomic mass is 16.5. The minimum Gasteiger partial charge on any atom is -0.370 e. The van der Waals surface area contributed by atoms with Gasteiger partial charge < -0.3 is 25.6 Å². The van der Waals surface area contributed by atoms with Gasteiger partial charge in [0, 0.05) is 44.2 Å². The first-order chi connectivity index (χ1) is 20.0. The fraction of sp³-hybridized carbons (Fsp3) is 0.588. The van der Waals surface area contributed by atoms with Crippen LogP contribution in [0.5, 0.6) is 0 Å². The molecule has 2 aromatic rings. The number of carbonyl (C=O) groups excluding carboxylic acids is 2. The summed E-state index contributed by atoms with van der Waals surface area (Å²) in [6.07, 6.45) is 12.2. The molecule has 2 heterocycles. The first-order valence-electron chi connectivity index (χ1n) is 16.0. The largest absolute Gasteiger partial charge is 0.370 e. The van der Waals surface area contributed by atoms with Crippen molar-refractivity contribution < 1.29 is 14.3 Å². The monoisotopic (exact) mass is 558 g/mol. The maximum atomic E-state index is 13.4. The number of rotatable bonds is 8. The third-order valence-electron chi connectivity index (χ3n) is 9.43. The van der Waals surface area contributed by atoms with Gasteiger partial charge in [0.2, 0.25) is 5.91 Å². The first kappa shape index (κ1) is 28.2. The minimum absolute atomic E-state index is 0.0501. The number of benzene rings is 2. The highest BCUT2D eigenvalue weighted by Gasteiger charge is 2.37. The van der Waals surface area contributed by atoms with Crippen molar-refractivity contribution in [3.8, 4) is 11.1 Å². The smallest absolute Gasteiger partial charge is 0.253 e. The lowest BCUT2D eigenvalue weighted by molar-refractivity contribution is -0.136. The molecule has 2 aliphatic heterocycles. The lowest BCUT2D eigenvalue weighted by Crippen LogP contribution is -2.44. The molecule has 6 rings (SSSR count). The summed E-state index contributed by atoms with van der Waals surface area (Å²) in [5.74, 6) is 0.470. The van der Waals surface area contributed by atoms with Crippen LogP contribution < -0.4 is 16.0 Å². The van der Waals surface area contributed by atoms with Gasteiger partial charge in [-0.15, -0.1) is 0 Å². The standard InChI is InChI=1S/C34H46N4O3/c35-28-13-15-29(16-14-28)38(34(40)25-10-11-25)23-24-7-5-8-26(21-24)27-12-17-31(37-18-3-1-2-4-19-37)30(22-27)36-33(39)32-9-6-20-41-32/h5,7-8,12,17,21-22,25,28-29,32H,1-4,6,9-11,13-16,18-20,23,35H2,(H,36,39). The number of anilines is 2. The van der Waals surface area contributed by atoms with Crippen LogP contribution in [0.3, 0.4) is 0 Å². The van der Waals surface area contributed by atoms with Crippen LogP contribution >= 0.6 is 0 Å². The SMILES string of the molecule is NC1CCC(N(Cc2cccc(-c3ccc(N4CCCCCC4)c(NC(=O)C4CCCO4)c3)c2)C(=O)C2CC2)CC1. The summed E-state index contributed by atoms with van der Waals surface area (Å²) in [6.45, 7) is 3.30. The van der Waals surface area contributed by atoms with Crippen LogP contribution in [0.2, 0.25) is 0 Å². The molecule has 1 atom stereocenters. The van der Waals surface area contributed by atoms with Gasteiger partial charge in [0.05, 0.1) is 11.4 Å². The predicted octanol–water partition coefficient (Wildman–Crippen LogP) is 5.86. The van der Waals surface area contributed by atoms with Crippen LogP contribution in [-0.4, -0.2) is 54.6 Å². The molecule has 2 saturated heterocycles. The maximum absolute atomic E-state index is 13.4. The number of amides is 2. The van der Waals surface area contributed by atoms with Crippen molar-refractivity contribution >= 4 is 23.2 Å². The Balaban J connectivity index is 1.26. The Morgan fingerprint density at radius 3 is 2.34 bits per heavy atom. The van der Waals surface area contributed by atoms with E-state index in [4.69, 9.17) is 10.5 Å². The second-order valence-corrected chi connectivity index (χ2v) is 12.6. The third kappa shape index (κ3) is 6.95. The normalized spacial score (nSPS) is 25.0. The van der Waals surface area contributed by atoms with E-state index < -0.39 is 0 Å². The van der Waals surface area contributed by atoms with E-state index in [1.165, 1.54) is 25.7 Å². The molecule has 3 N–H and O–H groups in total. The van der Waals surface area contributed by atoms with Gasteiger partial charge in [-0.1, -0.05) is 37.1 Å². The molecular formula is C34H46N4O3. The number of hydrogen-bond acceptors (Lipinski definition) is 5. The van der Waals surface area contributed by atoms with Crippen molar-refractivity contribution in [3.63, 3.8) is 0 Å². The molecule has 0 radical (unpaired) electrons. The lowest BCUT2D eigenvalue weighted by atomic mass is 9.90. The van der Waals surface area contributed by atoms with Crippen LogP contribution in [0.4, 0.5) is 11.4 Å². The van der Waals surface area contributed by atoms with Gasteiger partial charge in [-0.05, 0) is 99.1 Å². The molecule has 220 valence electrons. The quantitative estimate of drug-likeness (QED) is 0.424. The van der Waals surface area contributed by atoms with Crippen molar-refractivity contribution in [2.45, 2.75) is 102 Å². The summed E-state index contributed by atoms with van der Waals surface area (Å²) >= 11 is 0. The van der Waals surface area contributed by atoms with Crippen molar-refractivity contribution in [2.75, 3.05) is 29.9 Å². The average Bonchev–Trinajstić information content (AvgIpc) is 3.76. The van der Waals surface area contributed by atoms with E-state index in [9.17, 15) is 9.59 Å². The molecule has 2 aromatic carbocycles. The third-order valence-corrected chi connectivity index (χ3v) is 9.43. The number of nitrogens with two attached hydrogens (primary N) is 1. The van der Waals surface area contributed by atoms with Gasteiger partial charge in [0.1, 0.15) is 6.10 Å². The predicted molar refractivity (Wildman–Crippen MR) is 164 cm³/mol. The van der Waals surface area contributed by atoms with E-state index in [0.29, 0.717) is 19.1 Å². The Bertz CT molecular complexity index is 1210. The molecule has 0 aromatic heterocycles. The Labute approximate surface area is 244 Å². The fourth-order valence-corrected chi connectivity index (χ4v) is 6.81. The molecular weight excluding hydrogens is 512 g/mol. The Morgan fingerprint density at radius 2 is 1.63 bits per heavy atom. The summed E-state index contributed by atoms with van der Waals surface area (Å²) in [6, 6.07) is 15.6. The van der Waals surface area contributed by atoms with E-state index in [2.05, 4.69) is 57.6 Å². The van der Waals surface area contributed by atoms with Gasteiger partial charge in [0.25, 0.3) is 5.91 Å². The molecule has 4 fully saturated rings. The van der Waals surface area contributed by atoms with Crippen molar-refractivity contribution in [1.82, 2.24) is 4.90 Å². The fourth-order valence-electron chi connectivity index (χ4n) is 6.81. The Hall–Kier alpha value is -2.90. The molecule has 7 heteroatoms. The molecule has 41 heavy (non-hydrogen) atoms. The zero-order valence-corrected chi connectivity index (χ0v) is 24.4. The zero-order chi connectivity index (χ0) is 28.2. The van der Waals surface area contributed by atoms with E-state index in [1.54, 1.807) is 0 Å².